The molecule has 0 aliphatic rings. The molecule has 1 aromatic carbocycles. The van der Waals surface area contributed by atoms with Crippen LogP contribution in [-0.4, -0.2) is 4.98 Å². The predicted octanol–water partition coefficient (Wildman–Crippen LogP) is 3.84. The lowest BCUT2D eigenvalue weighted by molar-refractivity contribution is 0.520. The van der Waals surface area contributed by atoms with Crippen LogP contribution >= 0.6 is 11.6 Å². The average Bonchev–Trinajstić information content (AvgIpc) is 2.83. The van der Waals surface area contributed by atoms with Gasteiger partial charge in [0, 0.05) is 11.1 Å². The summed E-state index contributed by atoms with van der Waals surface area (Å²) < 4.78 is 5.76. The van der Waals surface area contributed by atoms with Crippen LogP contribution in [0.25, 0.3) is 11.0 Å². The number of hydrogen-bond donors (Lipinski definition) is 1. The van der Waals surface area contributed by atoms with Crippen LogP contribution in [0, 0.1) is 6.92 Å². The van der Waals surface area contributed by atoms with Crippen LogP contribution in [0.5, 0.6) is 0 Å². The molecule has 4 heteroatoms. The second-order valence-electron chi connectivity index (χ2n) is 4.49. The Balaban J connectivity index is 2.06. The summed E-state index contributed by atoms with van der Waals surface area (Å²) in [5.41, 5.74) is 8.59. The van der Waals surface area contributed by atoms with Crippen molar-refractivity contribution in [2.75, 3.05) is 0 Å². The van der Waals surface area contributed by atoms with Crippen molar-refractivity contribution in [3.05, 3.63) is 64.6 Å². The number of halogens is 1. The van der Waals surface area contributed by atoms with Gasteiger partial charge in [-0.1, -0.05) is 29.8 Å². The maximum atomic E-state index is 6.20. The highest BCUT2D eigenvalue weighted by atomic mass is 35.5. The average molecular weight is 273 g/mol. The monoisotopic (exact) mass is 272 g/mol. The first kappa shape index (κ1) is 12.2. The number of benzene rings is 1. The Kier molecular flexibility index (Phi) is 3.01. The summed E-state index contributed by atoms with van der Waals surface area (Å²) in [6.07, 6.45) is 0. The van der Waals surface area contributed by atoms with E-state index in [-0.39, 0.29) is 6.04 Å². The van der Waals surface area contributed by atoms with Gasteiger partial charge in [-0.25, -0.2) is 0 Å². The van der Waals surface area contributed by atoms with E-state index in [4.69, 9.17) is 21.8 Å². The molecule has 0 bridgehead atoms. The number of pyridine rings is 1. The molecule has 2 aromatic heterocycles. The van der Waals surface area contributed by atoms with Gasteiger partial charge in [-0.15, -0.1) is 0 Å². The Morgan fingerprint density at radius 3 is 2.74 bits per heavy atom. The molecule has 3 rings (SSSR count). The van der Waals surface area contributed by atoms with Gasteiger partial charge in [-0.05, 0) is 31.2 Å². The van der Waals surface area contributed by atoms with Crippen LogP contribution in [-0.2, 0) is 0 Å². The lowest BCUT2D eigenvalue weighted by atomic mass is 10.1. The molecule has 3 nitrogen and oxygen atoms in total. The van der Waals surface area contributed by atoms with Crippen LogP contribution < -0.4 is 5.73 Å². The minimum absolute atomic E-state index is 0.386. The van der Waals surface area contributed by atoms with E-state index >= 15 is 0 Å². The third-order valence-electron chi connectivity index (χ3n) is 3.05. The summed E-state index contributed by atoms with van der Waals surface area (Å²) in [5, 5.41) is 1.54. The van der Waals surface area contributed by atoms with Crippen molar-refractivity contribution in [2.45, 2.75) is 13.0 Å². The summed E-state index contributed by atoms with van der Waals surface area (Å²) >= 11 is 6.10. The lowest BCUT2D eigenvalue weighted by Gasteiger charge is -2.08. The maximum absolute atomic E-state index is 6.20. The fourth-order valence-electron chi connectivity index (χ4n) is 2.08. The molecule has 1 atom stereocenters. The second-order valence-corrected chi connectivity index (χ2v) is 4.90. The van der Waals surface area contributed by atoms with Crippen molar-refractivity contribution in [1.82, 2.24) is 4.98 Å². The summed E-state index contributed by atoms with van der Waals surface area (Å²) in [6.45, 7) is 1.94. The first-order valence-corrected chi connectivity index (χ1v) is 6.40. The molecule has 0 fully saturated rings. The van der Waals surface area contributed by atoms with Gasteiger partial charge in [0.15, 0.2) is 5.58 Å². The van der Waals surface area contributed by atoms with Crippen molar-refractivity contribution >= 4 is 22.6 Å². The highest BCUT2D eigenvalue weighted by molar-refractivity contribution is 6.34. The number of para-hydroxylation sites is 1. The summed E-state index contributed by atoms with van der Waals surface area (Å²) in [5.74, 6) is 0.668. The topological polar surface area (TPSA) is 52.0 Å². The Morgan fingerprint density at radius 1 is 1.21 bits per heavy atom. The lowest BCUT2D eigenvalue weighted by Crippen LogP contribution is -2.12. The molecule has 0 saturated carbocycles. The zero-order valence-electron chi connectivity index (χ0n) is 10.4. The molecule has 0 aliphatic carbocycles. The van der Waals surface area contributed by atoms with Crippen molar-refractivity contribution < 1.29 is 4.42 Å². The third-order valence-corrected chi connectivity index (χ3v) is 3.35. The molecule has 0 saturated heterocycles. The van der Waals surface area contributed by atoms with E-state index in [9.17, 15) is 0 Å². The zero-order valence-corrected chi connectivity index (χ0v) is 11.2. The molecule has 0 spiro atoms. The molecule has 2 N–H and O–H groups in total. The number of nitrogens with two attached hydrogens (primary N) is 1. The zero-order chi connectivity index (χ0) is 13.4. The van der Waals surface area contributed by atoms with E-state index in [1.807, 2.05) is 43.3 Å². The molecule has 0 aliphatic heterocycles. The van der Waals surface area contributed by atoms with E-state index in [1.54, 1.807) is 6.07 Å². The number of aromatic nitrogens is 1. The van der Waals surface area contributed by atoms with Crippen LogP contribution in [0.1, 0.15) is 23.2 Å². The van der Waals surface area contributed by atoms with Crippen molar-refractivity contribution in [1.29, 1.82) is 0 Å². The quantitative estimate of drug-likeness (QED) is 0.771. The van der Waals surface area contributed by atoms with Gasteiger partial charge in [0.25, 0.3) is 0 Å². The highest BCUT2D eigenvalue weighted by Gasteiger charge is 2.16. The van der Waals surface area contributed by atoms with Gasteiger partial charge in [0.2, 0.25) is 0 Å². The Labute approximate surface area is 116 Å². The maximum Gasteiger partial charge on any atom is 0.152 e. The first-order chi connectivity index (χ1) is 9.15. The van der Waals surface area contributed by atoms with Crippen molar-refractivity contribution in [2.24, 2.45) is 5.73 Å². The molecule has 3 aromatic rings. The van der Waals surface area contributed by atoms with Gasteiger partial charge >= 0.3 is 0 Å². The van der Waals surface area contributed by atoms with Gasteiger partial charge < -0.3 is 10.2 Å². The van der Waals surface area contributed by atoms with Crippen molar-refractivity contribution in [3.63, 3.8) is 0 Å². The summed E-state index contributed by atoms with van der Waals surface area (Å²) in [7, 11) is 0. The molecule has 19 heavy (non-hydrogen) atoms. The van der Waals surface area contributed by atoms with Gasteiger partial charge in [0.05, 0.1) is 10.7 Å². The number of hydrogen-bond acceptors (Lipinski definition) is 3. The first-order valence-electron chi connectivity index (χ1n) is 6.02. The number of aryl methyl sites for hydroxylation is 1. The van der Waals surface area contributed by atoms with Crippen LogP contribution in [0.2, 0.25) is 5.02 Å². The molecule has 96 valence electrons. The summed E-state index contributed by atoms with van der Waals surface area (Å²) in [4.78, 5) is 4.42. The van der Waals surface area contributed by atoms with E-state index in [2.05, 4.69) is 4.98 Å². The van der Waals surface area contributed by atoms with Crippen LogP contribution in [0.4, 0.5) is 0 Å². The number of fused-ring (bicyclic) bond motifs is 1. The molecular weight excluding hydrogens is 260 g/mol. The van der Waals surface area contributed by atoms with E-state index < -0.39 is 0 Å². The Bertz CT molecular complexity index is 736. The van der Waals surface area contributed by atoms with Crippen LogP contribution in [0.15, 0.2) is 46.9 Å². The number of furan rings is 1. The molecule has 1 unspecified atom stereocenters. The molecular formula is C15H13ClN2O. The van der Waals surface area contributed by atoms with E-state index in [1.165, 1.54) is 0 Å². The van der Waals surface area contributed by atoms with E-state index in [0.717, 1.165) is 16.8 Å². The standard InChI is InChI=1S/C15H13ClN2O/c1-9-4-2-7-12(18-9)14(17)13-8-10-5-3-6-11(16)15(10)19-13/h2-8,14H,17H2,1H3. The smallest absolute Gasteiger partial charge is 0.152 e. The van der Waals surface area contributed by atoms with Gasteiger partial charge in [-0.3, -0.25) is 4.98 Å². The van der Waals surface area contributed by atoms with Gasteiger partial charge in [0.1, 0.15) is 11.8 Å². The third kappa shape index (κ3) is 2.23. The van der Waals surface area contributed by atoms with E-state index in [0.29, 0.717) is 16.4 Å². The normalized spacial score (nSPS) is 12.8. The fraction of sp³-hybridized carbons (Fsp3) is 0.133. The molecule has 0 amide bonds. The minimum atomic E-state index is -0.386. The Hall–Kier alpha value is -1.84. The minimum Gasteiger partial charge on any atom is -0.457 e. The fourth-order valence-corrected chi connectivity index (χ4v) is 2.30. The SMILES string of the molecule is Cc1cccc(C(N)c2cc3cccc(Cl)c3o2)n1. The van der Waals surface area contributed by atoms with Gasteiger partial charge in [-0.2, -0.15) is 0 Å². The molecule has 2 heterocycles. The second kappa shape index (κ2) is 4.68. The van der Waals surface area contributed by atoms with Crippen molar-refractivity contribution in [3.8, 4) is 0 Å². The summed E-state index contributed by atoms with van der Waals surface area (Å²) in [6, 6.07) is 12.9. The highest BCUT2D eigenvalue weighted by Crippen LogP contribution is 2.30. The number of rotatable bonds is 2. The molecule has 0 radical (unpaired) electrons. The Morgan fingerprint density at radius 2 is 2.00 bits per heavy atom. The van der Waals surface area contributed by atoms with Crippen LogP contribution in [0.3, 0.4) is 0 Å². The largest absolute Gasteiger partial charge is 0.457 e. The number of nitrogens with zero attached hydrogens (tertiary/aromatic N) is 1. The predicted molar refractivity (Wildman–Crippen MR) is 76.2 cm³/mol.